The Morgan fingerprint density at radius 1 is 0.941 bits per heavy atom. The lowest BCUT2D eigenvalue weighted by molar-refractivity contribution is -0.141. The van der Waals surface area contributed by atoms with Crippen LogP contribution in [0.25, 0.3) is 0 Å². The molecule has 34 heavy (non-hydrogen) atoms. The van der Waals surface area contributed by atoms with E-state index in [0.717, 1.165) is 22.2 Å². The first-order chi connectivity index (χ1) is 15.9. The maximum Gasteiger partial charge on any atom is 0.408 e. The van der Waals surface area contributed by atoms with Crippen molar-refractivity contribution in [1.82, 2.24) is 14.7 Å². The van der Waals surface area contributed by atoms with Crippen molar-refractivity contribution in [3.8, 4) is 5.40 Å². The smallest absolute Gasteiger partial charge is 0.408 e. The minimum atomic E-state index is -1.44. The molecule has 0 bridgehead atoms. The van der Waals surface area contributed by atoms with Gasteiger partial charge in [-0.05, 0) is 49.9 Å². The molecule has 0 aliphatic heterocycles. The Hall–Kier alpha value is -3.34. The fourth-order valence-electron chi connectivity index (χ4n) is 3.44. The van der Waals surface area contributed by atoms with Crippen LogP contribution < -0.4 is 0 Å². The van der Waals surface area contributed by atoms with Gasteiger partial charge < -0.3 is 20.4 Å². The summed E-state index contributed by atoms with van der Waals surface area (Å²) in [6.07, 6.45) is -1.08. The second kappa shape index (κ2) is 14.0. The summed E-state index contributed by atoms with van der Waals surface area (Å²) in [5.41, 5.74) is 0.839. The van der Waals surface area contributed by atoms with E-state index in [1.165, 1.54) is 11.8 Å². The third-order valence-electron chi connectivity index (χ3n) is 5.00. The average molecular weight is 497 g/mol. The standard InChI is InChI=1S/C21H28N4O8S/c1-14(25(21(32)33)12-20(30)31)8-24(11-19(28)29)9-16(23(2)10-18(26)27)7-15-3-5-17(6-4-15)34-13-22/h3-6,14,16H,7-12H2,1-2H3,(H,26,27)(H,28,29)(H,30,31)(H,32,33). The molecule has 0 radical (unpaired) electrons. The quantitative estimate of drug-likeness (QED) is 0.200. The molecule has 1 aromatic rings. The molecule has 0 aliphatic rings. The van der Waals surface area contributed by atoms with Crippen LogP contribution in [0.3, 0.4) is 0 Å². The number of carbonyl (C=O) groups is 4. The normalized spacial score (nSPS) is 12.7. The fourth-order valence-corrected chi connectivity index (χ4v) is 3.82. The maximum absolute atomic E-state index is 11.5. The second-order valence-electron chi connectivity index (χ2n) is 7.75. The number of amides is 1. The van der Waals surface area contributed by atoms with Crippen molar-refractivity contribution >= 4 is 35.8 Å². The molecule has 2 unspecified atom stereocenters. The van der Waals surface area contributed by atoms with Crippen LogP contribution >= 0.6 is 11.8 Å². The first-order valence-corrected chi connectivity index (χ1v) is 11.0. The SMILES string of the molecule is CC(CN(CC(=O)O)CC(Cc1ccc(SC#N)cc1)N(C)CC(=O)O)N(CC(=O)O)C(=O)O. The first kappa shape index (κ1) is 28.7. The summed E-state index contributed by atoms with van der Waals surface area (Å²) >= 11 is 1.00. The molecule has 0 fully saturated rings. The number of rotatable bonds is 15. The van der Waals surface area contributed by atoms with Crippen molar-refractivity contribution in [2.24, 2.45) is 0 Å². The summed E-state index contributed by atoms with van der Waals surface area (Å²) in [5, 5.41) is 47.7. The van der Waals surface area contributed by atoms with Gasteiger partial charge in [0.15, 0.2) is 0 Å². The van der Waals surface area contributed by atoms with Crippen molar-refractivity contribution in [3.05, 3.63) is 29.8 Å². The molecule has 12 nitrogen and oxygen atoms in total. The summed E-state index contributed by atoms with van der Waals surface area (Å²) in [7, 11) is 1.59. The van der Waals surface area contributed by atoms with E-state index in [-0.39, 0.29) is 19.6 Å². The highest BCUT2D eigenvalue weighted by Gasteiger charge is 2.27. The van der Waals surface area contributed by atoms with Gasteiger partial charge in [0.2, 0.25) is 0 Å². The van der Waals surface area contributed by atoms with E-state index in [1.807, 2.05) is 5.40 Å². The number of carboxylic acids is 3. The Morgan fingerprint density at radius 2 is 1.50 bits per heavy atom. The molecule has 0 saturated heterocycles. The number of benzene rings is 1. The van der Waals surface area contributed by atoms with Crippen LogP contribution in [0.15, 0.2) is 29.2 Å². The molecular weight excluding hydrogens is 468 g/mol. The summed E-state index contributed by atoms with van der Waals surface area (Å²) in [4.78, 5) is 49.7. The molecule has 0 aliphatic carbocycles. The number of aliphatic carboxylic acids is 3. The van der Waals surface area contributed by atoms with Crippen LogP contribution in [0.4, 0.5) is 4.79 Å². The van der Waals surface area contributed by atoms with Crippen LogP contribution in [0, 0.1) is 10.7 Å². The number of hydrogen-bond acceptors (Lipinski definition) is 8. The van der Waals surface area contributed by atoms with E-state index < -0.39 is 49.2 Å². The lowest BCUT2D eigenvalue weighted by Crippen LogP contribution is -2.52. The van der Waals surface area contributed by atoms with Gasteiger partial charge in [-0.15, -0.1) is 0 Å². The van der Waals surface area contributed by atoms with Gasteiger partial charge in [-0.25, -0.2) is 4.79 Å². The van der Waals surface area contributed by atoms with E-state index in [4.69, 9.17) is 10.4 Å². The Bertz CT molecular complexity index is 905. The predicted octanol–water partition coefficient (Wildman–Crippen LogP) is 1.03. The van der Waals surface area contributed by atoms with E-state index in [9.17, 15) is 34.5 Å². The van der Waals surface area contributed by atoms with Gasteiger partial charge >= 0.3 is 24.0 Å². The second-order valence-corrected chi connectivity index (χ2v) is 8.60. The van der Waals surface area contributed by atoms with Crippen LogP contribution in [0.2, 0.25) is 0 Å². The number of thioether (sulfide) groups is 1. The van der Waals surface area contributed by atoms with E-state index in [2.05, 4.69) is 0 Å². The zero-order valence-corrected chi connectivity index (χ0v) is 19.6. The van der Waals surface area contributed by atoms with Gasteiger partial charge in [-0.2, -0.15) is 5.26 Å². The van der Waals surface area contributed by atoms with Crippen molar-refractivity contribution < 1.29 is 39.6 Å². The number of nitrogens with zero attached hydrogens (tertiary/aromatic N) is 4. The predicted molar refractivity (Wildman–Crippen MR) is 122 cm³/mol. The Labute approximate surface area is 201 Å². The molecule has 0 saturated carbocycles. The van der Waals surface area contributed by atoms with Crippen molar-refractivity contribution in [2.45, 2.75) is 30.3 Å². The summed E-state index contributed by atoms with van der Waals surface area (Å²) in [6.45, 7) is 0.000754. The highest BCUT2D eigenvalue weighted by atomic mass is 32.2. The minimum absolute atomic E-state index is 0.0684. The molecule has 13 heteroatoms. The number of likely N-dealkylation sites (N-methyl/N-ethyl adjacent to an activating group) is 1. The van der Waals surface area contributed by atoms with E-state index in [1.54, 1.807) is 36.2 Å². The molecule has 2 atom stereocenters. The van der Waals surface area contributed by atoms with Gasteiger partial charge in [0.05, 0.1) is 13.1 Å². The Balaban J connectivity index is 3.11. The molecule has 1 amide bonds. The molecule has 4 N–H and O–H groups in total. The van der Waals surface area contributed by atoms with Gasteiger partial charge in [0.1, 0.15) is 11.9 Å². The van der Waals surface area contributed by atoms with Crippen molar-refractivity contribution in [1.29, 1.82) is 5.26 Å². The van der Waals surface area contributed by atoms with Crippen LogP contribution in [-0.2, 0) is 20.8 Å². The topological polar surface area (TPSA) is 183 Å². The molecule has 1 rings (SSSR count). The number of thiocyanates is 1. The van der Waals surface area contributed by atoms with Gasteiger partial charge in [0.25, 0.3) is 0 Å². The number of carboxylic acid groups (broad SMARTS) is 4. The number of nitriles is 1. The zero-order chi connectivity index (χ0) is 25.8. The van der Waals surface area contributed by atoms with E-state index in [0.29, 0.717) is 11.3 Å². The minimum Gasteiger partial charge on any atom is -0.480 e. The summed E-state index contributed by atoms with van der Waals surface area (Å²) in [5.74, 6) is -3.56. The van der Waals surface area contributed by atoms with Crippen molar-refractivity contribution in [2.75, 3.05) is 39.8 Å². The molecular formula is C21H28N4O8S. The largest absolute Gasteiger partial charge is 0.480 e. The number of hydrogen-bond donors (Lipinski definition) is 4. The summed E-state index contributed by atoms with van der Waals surface area (Å²) in [6, 6.07) is 5.82. The van der Waals surface area contributed by atoms with Gasteiger partial charge in [0, 0.05) is 30.1 Å². The molecule has 0 aromatic heterocycles. The summed E-state index contributed by atoms with van der Waals surface area (Å²) < 4.78 is 0. The monoisotopic (exact) mass is 496 g/mol. The maximum atomic E-state index is 11.5. The molecule has 1 aromatic carbocycles. The highest BCUT2D eigenvalue weighted by molar-refractivity contribution is 8.03. The fraction of sp³-hybridized carbons (Fsp3) is 0.476. The van der Waals surface area contributed by atoms with Crippen LogP contribution in [0.5, 0.6) is 0 Å². The Kier molecular flexibility index (Phi) is 11.8. The molecule has 186 valence electrons. The van der Waals surface area contributed by atoms with Crippen LogP contribution in [0.1, 0.15) is 12.5 Å². The van der Waals surface area contributed by atoms with Gasteiger partial charge in [-0.3, -0.25) is 29.1 Å². The highest BCUT2D eigenvalue weighted by Crippen LogP contribution is 2.19. The lowest BCUT2D eigenvalue weighted by atomic mass is 10.0. The third-order valence-corrected chi connectivity index (χ3v) is 5.60. The first-order valence-electron chi connectivity index (χ1n) is 10.1. The van der Waals surface area contributed by atoms with E-state index >= 15 is 0 Å². The average Bonchev–Trinajstić information content (AvgIpc) is 2.71. The Morgan fingerprint density at radius 3 is 1.97 bits per heavy atom. The van der Waals surface area contributed by atoms with Crippen LogP contribution in [-0.4, -0.2) is 111 Å². The zero-order valence-electron chi connectivity index (χ0n) is 18.8. The third kappa shape index (κ3) is 10.5. The molecule has 0 heterocycles. The van der Waals surface area contributed by atoms with Crippen molar-refractivity contribution in [3.63, 3.8) is 0 Å². The molecule has 0 spiro atoms. The van der Waals surface area contributed by atoms with Gasteiger partial charge in [-0.1, -0.05) is 12.1 Å². The lowest BCUT2D eigenvalue weighted by Gasteiger charge is -2.35.